The van der Waals surface area contributed by atoms with Gasteiger partial charge in [-0.1, -0.05) is 26.2 Å². The summed E-state index contributed by atoms with van der Waals surface area (Å²) in [4.78, 5) is 12.0. The van der Waals surface area contributed by atoms with Gasteiger partial charge in [-0.15, -0.1) is 0 Å². The highest BCUT2D eigenvalue weighted by Gasteiger charge is 2.32. The van der Waals surface area contributed by atoms with E-state index in [1.54, 1.807) is 0 Å². The SMILES string of the molecule is CCCCC(C)NC(=O)C1CCCC1CN. The molecular formula is C13H26N2O. The number of carbonyl (C=O) groups excluding carboxylic acids is 1. The zero-order chi connectivity index (χ0) is 12.0. The van der Waals surface area contributed by atoms with E-state index < -0.39 is 0 Å². The monoisotopic (exact) mass is 226 g/mol. The summed E-state index contributed by atoms with van der Waals surface area (Å²) in [6.45, 7) is 4.93. The van der Waals surface area contributed by atoms with Crippen molar-refractivity contribution in [3.63, 3.8) is 0 Å². The van der Waals surface area contributed by atoms with Crippen molar-refractivity contribution in [2.24, 2.45) is 17.6 Å². The molecule has 1 aliphatic rings. The molecule has 94 valence electrons. The lowest BCUT2D eigenvalue weighted by atomic mass is 9.95. The summed E-state index contributed by atoms with van der Waals surface area (Å²) in [5, 5.41) is 3.13. The van der Waals surface area contributed by atoms with Crippen molar-refractivity contribution in [1.29, 1.82) is 0 Å². The van der Waals surface area contributed by atoms with E-state index in [-0.39, 0.29) is 11.8 Å². The molecular weight excluding hydrogens is 200 g/mol. The number of nitrogens with two attached hydrogens (primary N) is 1. The van der Waals surface area contributed by atoms with Crippen LogP contribution < -0.4 is 11.1 Å². The zero-order valence-corrected chi connectivity index (χ0v) is 10.7. The molecule has 1 saturated carbocycles. The molecule has 0 radical (unpaired) electrons. The van der Waals surface area contributed by atoms with E-state index in [0.29, 0.717) is 18.5 Å². The summed E-state index contributed by atoms with van der Waals surface area (Å²) < 4.78 is 0. The molecule has 1 aliphatic carbocycles. The van der Waals surface area contributed by atoms with Crippen LogP contribution in [0.25, 0.3) is 0 Å². The van der Waals surface area contributed by atoms with Gasteiger partial charge < -0.3 is 11.1 Å². The largest absolute Gasteiger partial charge is 0.353 e. The van der Waals surface area contributed by atoms with Crippen molar-refractivity contribution in [3.8, 4) is 0 Å². The molecule has 3 atom stereocenters. The van der Waals surface area contributed by atoms with E-state index in [1.165, 1.54) is 12.8 Å². The molecule has 0 heterocycles. The standard InChI is InChI=1S/C13H26N2O/c1-3-4-6-10(2)15-13(16)12-8-5-7-11(12)9-14/h10-12H,3-9,14H2,1-2H3,(H,15,16). The number of amides is 1. The molecule has 3 unspecified atom stereocenters. The maximum atomic E-state index is 12.0. The summed E-state index contributed by atoms with van der Waals surface area (Å²) in [5.41, 5.74) is 5.69. The number of rotatable bonds is 6. The highest BCUT2D eigenvalue weighted by Crippen LogP contribution is 2.31. The van der Waals surface area contributed by atoms with Gasteiger partial charge in [0, 0.05) is 12.0 Å². The fraction of sp³-hybridized carbons (Fsp3) is 0.923. The van der Waals surface area contributed by atoms with Gasteiger partial charge >= 0.3 is 0 Å². The number of hydrogen-bond acceptors (Lipinski definition) is 2. The van der Waals surface area contributed by atoms with E-state index >= 15 is 0 Å². The number of carbonyl (C=O) groups is 1. The molecule has 16 heavy (non-hydrogen) atoms. The van der Waals surface area contributed by atoms with Gasteiger partial charge in [0.2, 0.25) is 5.91 Å². The maximum Gasteiger partial charge on any atom is 0.223 e. The third-order valence-electron chi connectivity index (χ3n) is 3.68. The van der Waals surface area contributed by atoms with Gasteiger partial charge in [-0.2, -0.15) is 0 Å². The summed E-state index contributed by atoms with van der Waals surface area (Å²) in [7, 11) is 0. The lowest BCUT2D eigenvalue weighted by Crippen LogP contribution is -2.39. The normalized spacial score (nSPS) is 26.7. The summed E-state index contributed by atoms with van der Waals surface area (Å²) in [5.74, 6) is 0.823. The van der Waals surface area contributed by atoms with Gasteiger partial charge in [0.25, 0.3) is 0 Å². The Bertz CT molecular complexity index is 218. The van der Waals surface area contributed by atoms with Crippen LogP contribution in [0.15, 0.2) is 0 Å². The smallest absolute Gasteiger partial charge is 0.223 e. The van der Waals surface area contributed by atoms with Crippen molar-refractivity contribution >= 4 is 5.91 Å². The second-order valence-electron chi connectivity index (χ2n) is 5.09. The summed E-state index contributed by atoms with van der Waals surface area (Å²) in [6.07, 6.45) is 6.76. The van der Waals surface area contributed by atoms with Gasteiger partial charge in [-0.25, -0.2) is 0 Å². The zero-order valence-electron chi connectivity index (χ0n) is 10.7. The van der Waals surface area contributed by atoms with Crippen LogP contribution in [0.5, 0.6) is 0 Å². The first-order chi connectivity index (χ1) is 7.69. The van der Waals surface area contributed by atoms with Crippen LogP contribution in [0.2, 0.25) is 0 Å². The molecule has 3 nitrogen and oxygen atoms in total. The van der Waals surface area contributed by atoms with Crippen LogP contribution in [0.1, 0.15) is 52.4 Å². The fourth-order valence-corrected chi connectivity index (χ4v) is 2.60. The van der Waals surface area contributed by atoms with Crippen molar-refractivity contribution < 1.29 is 4.79 Å². The number of hydrogen-bond donors (Lipinski definition) is 2. The number of nitrogens with one attached hydrogen (secondary N) is 1. The van der Waals surface area contributed by atoms with Gasteiger partial charge in [-0.05, 0) is 38.6 Å². The quantitative estimate of drug-likeness (QED) is 0.728. The molecule has 3 heteroatoms. The first kappa shape index (κ1) is 13.5. The molecule has 0 spiro atoms. The molecule has 0 aromatic rings. The Balaban J connectivity index is 2.33. The Morgan fingerprint density at radius 3 is 2.88 bits per heavy atom. The minimum atomic E-state index is 0.175. The molecule has 1 amide bonds. The van der Waals surface area contributed by atoms with Crippen molar-refractivity contribution in [2.45, 2.75) is 58.4 Å². The predicted molar refractivity (Wildman–Crippen MR) is 67.0 cm³/mol. The van der Waals surface area contributed by atoms with Crippen molar-refractivity contribution in [3.05, 3.63) is 0 Å². The lowest BCUT2D eigenvalue weighted by molar-refractivity contribution is -0.126. The summed E-state index contributed by atoms with van der Waals surface area (Å²) >= 11 is 0. The van der Waals surface area contributed by atoms with E-state index in [9.17, 15) is 4.79 Å². The Kier molecular flexibility index (Phi) is 5.81. The molecule has 0 aromatic heterocycles. The van der Waals surface area contributed by atoms with Crippen molar-refractivity contribution in [1.82, 2.24) is 5.32 Å². The Morgan fingerprint density at radius 2 is 2.25 bits per heavy atom. The van der Waals surface area contributed by atoms with Crippen LogP contribution in [0, 0.1) is 11.8 Å². The highest BCUT2D eigenvalue weighted by atomic mass is 16.1. The molecule has 3 N–H and O–H groups in total. The van der Waals surface area contributed by atoms with Crippen molar-refractivity contribution in [2.75, 3.05) is 6.54 Å². The molecule has 1 rings (SSSR count). The topological polar surface area (TPSA) is 55.1 Å². The second-order valence-corrected chi connectivity index (χ2v) is 5.09. The van der Waals surface area contributed by atoms with Crippen LogP contribution >= 0.6 is 0 Å². The van der Waals surface area contributed by atoms with E-state index in [0.717, 1.165) is 25.7 Å². The lowest BCUT2D eigenvalue weighted by Gasteiger charge is -2.20. The number of unbranched alkanes of at least 4 members (excludes halogenated alkanes) is 1. The minimum absolute atomic E-state index is 0.175. The molecule has 0 saturated heterocycles. The predicted octanol–water partition coefficient (Wildman–Crippen LogP) is 2.06. The fourth-order valence-electron chi connectivity index (χ4n) is 2.60. The Hall–Kier alpha value is -0.570. The Morgan fingerprint density at radius 1 is 1.50 bits per heavy atom. The minimum Gasteiger partial charge on any atom is -0.353 e. The first-order valence-corrected chi connectivity index (χ1v) is 6.69. The van der Waals surface area contributed by atoms with E-state index in [2.05, 4.69) is 19.2 Å². The third-order valence-corrected chi connectivity index (χ3v) is 3.68. The Labute approximate surface area is 99.2 Å². The van der Waals surface area contributed by atoms with Gasteiger partial charge in [-0.3, -0.25) is 4.79 Å². The van der Waals surface area contributed by atoms with E-state index in [1.807, 2.05) is 0 Å². The average Bonchev–Trinajstić information content (AvgIpc) is 2.74. The third kappa shape index (κ3) is 3.78. The van der Waals surface area contributed by atoms with Crippen LogP contribution in [0.3, 0.4) is 0 Å². The van der Waals surface area contributed by atoms with Gasteiger partial charge in [0.1, 0.15) is 0 Å². The molecule has 0 aromatic carbocycles. The second kappa shape index (κ2) is 6.89. The first-order valence-electron chi connectivity index (χ1n) is 6.69. The maximum absolute atomic E-state index is 12.0. The highest BCUT2D eigenvalue weighted by molar-refractivity contribution is 5.79. The van der Waals surface area contributed by atoms with E-state index in [4.69, 9.17) is 5.73 Å². The molecule has 0 bridgehead atoms. The van der Waals surface area contributed by atoms with Crippen LogP contribution in [-0.2, 0) is 4.79 Å². The van der Waals surface area contributed by atoms with Gasteiger partial charge in [0.15, 0.2) is 0 Å². The van der Waals surface area contributed by atoms with Crippen LogP contribution in [-0.4, -0.2) is 18.5 Å². The average molecular weight is 226 g/mol. The summed E-state index contributed by atoms with van der Waals surface area (Å²) in [6, 6.07) is 0.312. The molecule has 1 fully saturated rings. The molecule has 0 aliphatic heterocycles. The van der Waals surface area contributed by atoms with Crippen LogP contribution in [0.4, 0.5) is 0 Å². The van der Waals surface area contributed by atoms with Gasteiger partial charge in [0.05, 0.1) is 0 Å².